The van der Waals surface area contributed by atoms with E-state index in [1.54, 1.807) is 0 Å². The molecule has 2 N–H and O–H groups in total. The first-order chi connectivity index (χ1) is 13.8. The van der Waals surface area contributed by atoms with Crippen molar-refractivity contribution in [2.24, 2.45) is 11.3 Å². The lowest BCUT2D eigenvalue weighted by atomic mass is 9.67. The van der Waals surface area contributed by atoms with Gasteiger partial charge in [-0.3, -0.25) is 9.69 Å². The molecule has 6 heteroatoms. The van der Waals surface area contributed by atoms with Gasteiger partial charge in [0.05, 0.1) is 18.6 Å². The smallest absolute Gasteiger partial charge is 0.228 e. The van der Waals surface area contributed by atoms with Gasteiger partial charge in [0.1, 0.15) is 12.4 Å². The molecule has 2 atom stereocenters. The van der Waals surface area contributed by atoms with Gasteiger partial charge < -0.3 is 20.1 Å². The first-order valence-corrected chi connectivity index (χ1v) is 10.8. The predicted molar refractivity (Wildman–Crippen MR) is 108 cm³/mol. The van der Waals surface area contributed by atoms with Crippen LogP contribution in [0.2, 0.25) is 0 Å². The SMILES string of the molecule is O=C(NCc1ccccc1OCCN1CCOCC1)[C@@]12CCCC[C@H]1CNC2. The quantitative estimate of drug-likeness (QED) is 0.747. The fourth-order valence-corrected chi connectivity index (χ4v) is 4.94. The monoisotopic (exact) mass is 387 g/mol. The molecule has 2 saturated heterocycles. The predicted octanol–water partition coefficient (Wildman–Crippen LogP) is 1.79. The van der Waals surface area contributed by atoms with Crippen molar-refractivity contribution in [2.45, 2.75) is 32.2 Å². The largest absolute Gasteiger partial charge is 0.492 e. The minimum absolute atomic E-state index is 0.204. The fraction of sp³-hybridized carbons (Fsp3) is 0.682. The summed E-state index contributed by atoms with van der Waals surface area (Å²) in [5.74, 6) is 1.57. The van der Waals surface area contributed by atoms with Crippen LogP contribution < -0.4 is 15.4 Å². The Kier molecular flexibility index (Phi) is 6.50. The maximum Gasteiger partial charge on any atom is 0.228 e. The number of carbonyl (C=O) groups is 1. The van der Waals surface area contributed by atoms with Gasteiger partial charge in [-0.2, -0.15) is 0 Å². The first-order valence-electron chi connectivity index (χ1n) is 10.8. The van der Waals surface area contributed by atoms with Crippen molar-refractivity contribution in [3.05, 3.63) is 29.8 Å². The number of morpholine rings is 1. The van der Waals surface area contributed by atoms with Crippen LogP contribution in [0.3, 0.4) is 0 Å². The number of fused-ring (bicyclic) bond motifs is 1. The molecular formula is C22H33N3O3. The number of para-hydroxylation sites is 1. The molecule has 1 aliphatic carbocycles. The first kappa shape index (κ1) is 19.7. The molecule has 0 spiro atoms. The highest BCUT2D eigenvalue weighted by molar-refractivity contribution is 5.84. The third-order valence-corrected chi connectivity index (χ3v) is 6.67. The number of rotatable bonds is 7. The Morgan fingerprint density at radius 2 is 2.14 bits per heavy atom. The molecule has 0 radical (unpaired) electrons. The van der Waals surface area contributed by atoms with Gasteiger partial charge in [-0.1, -0.05) is 31.0 Å². The molecule has 1 aromatic carbocycles. The van der Waals surface area contributed by atoms with Gasteiger partial charge in [0.15, 0.2) is 0 Å². The Bertz CT molecular complexity index is 662. The van der Waals surface area contributed by atoms with E-state index >= 15 is 0 Å². The van der Waals surface area contributed by atoms with Gasteiger partial charge in [-0.05, 0) is 31.4 Å². The second-order valence-electron chi connectivity index (χ2n) is 8.32. The van der Waals surface area contributed by atoms with Crippen molar-refractivity contribution in [3.8, 4) is 5.75 Å². The maximum atomic E-state index is 13.1. The maximum absolute atomic E-state index is 13.1. The molecule has 28 heavy (non-hydrogen) atoms. The van der Waals surface area contributed by atoms with Crippen molar-refractivity contribution in [2.75, 3.05) is 52.5 Å². The van der Waals surface area contributed by atoms with Gasteiger partial charge in [0.2, 0.25) is 5.91 Å². The fourth-order valence-electron chi connectivity index (χ4n) is 4.94. The highest BCUT2D eigenvalue weighted by Gasteiger charge is 2.49. The van der Waals surface area contributed by atoms with Crippen molar-refractivity contribution in [3.63, 3.8) is 0 Å². The highest BCUT2D eigenvalue weighted by Crippen LogP contribution is 2.44. The highest BCUT2D eigenvalue weighted by atomic mass is 16.5. The molecule has 1 amide bonds. The van der Waals surface area contributed by atoms with E-state index in [9.17, 15) is 4.79 Å². The molecule has 2 aliphatic heterocycles. The van der Waals surface area contributed by atoms with Gasteiger partial charge in [-0.25, -0.2) is 0 Å². The Morgan fingerprint density at radius 1 is 1.29 bits per heavy atom. The van der Waals surface area contributed by atoms with Crippen molar-refractivity contribution < 1.29 is 14.3 Å². The number of carbonyl (C=O) groups excluding carboxylic acids is 1. The molecule has 154 valence electrons. The number of nitrogens with zero attached hydrogens (tertiary/aromatic N) is 1. The average Bonchev–Trinajstić information content (AvgIpc) is 3.19. The number of ether oxygens (including phenoxy) is 2. The van der Waals surface area contributed by atoms with Crippen LogP contribution in [0.4, 0.5) is 0 Å². The second kappa shape index (κ2) is 9.25. The van der Waals surface area contributed by atoms with E-state index in [0.717, 1.165) is 70.1 Å². The summed E-state index contributed by atoms with van der Waals surface area (Å²) >= 11 is 0. The Labute approximate surface area is 168 Å². The standard InChI is InChI=1S/C22H33N3O3/c26-21(22-8-4-3-6-19(22)16-23-17-22)24-15-18-5-1-2-7-20(18)28-14-11-25-9-12-27-13-10-25/h1-2,5,7,19,23H,3-4,6,8-17H2,(H,24,26)/t19-,22+/m0/s1. The zero-order chi connectivity index (χ0) is 19.2. The van der Waals surface area contributed by atoms with E-state index in [1.165, 1.54) is 12.8 Å². The molecule has 0 bridgehead atoms. The number of hydrogen-bond donors (Lipinski definition) is 2. The van der Waals surface area contributed by atoms with Crippen LogP contribution in [-0.4, -0.2) is 63.4 Å². The average molecular weight is 388 g/mol. The van der Waals surface area contributed by atoms with Gasteiger partial charge in [0, 0.05) is 38.3 Å². The van der Waals surface area contributed by atoms with E-state index in [4.69, 9.17) is 9.47 Å². The van der Waals surface area contributed by atoms with Crippen LogP contribution in [0.1, 0.15) is 31.2 Å². The lowest BCUT2D eigenvalue weighted by molar-refractivity contribution is -0.134. The molecule has 1 saturated carbocycles. The zero-order valence-corrected chi connectivity index (χ0v) is 16.8. The zero-order valence-electron chi connectivity index (χ0n) is 16.8. The summed E-state index contributed by atoms with van der Waals surface area (Å²) in [6.45, 7) is 7.44. The number of amides is 1. The molecule has 2 heterocycles. The molecule has 4 rings (SSSR count). The molecule has 1 aromatic rings. The third-order valence-electron chi connectivity index (χ3n) is 6.67. The Balaban J connectivity index is 1.31. The third kappa shape index (κ3) is 4.34. The van der Waals surface area contributed by atoms with E-state index in [-0.39, 0.29) is 11.3 Å². The molecule has 0 unspecified atom stereocenters. The minimum atomic E-state index is -0.204. The van der Waals surface area contributed by atoms with Crippen LogP contribution in [0.25, 0.3) is 0 Å². The van der Waals surface area contributed by atoms with E-state index in [1.807, 2.05) is 24.3 Å². The van der Waals surface area contributed by atoms with Crippen LogP contribution >= 0.6 is 0 Å². The molecule has 3 aliphatic rings. The van der Waals surface area contributed by atoms with Crippen LogP contribution in [0.15, 0.2) is 24.3 Å². The van der Waals surface area contributed by atoms with Crippen molar-refractivity contribution in [1.29, 1.82) is 0 Å². The van der Waals surface area contributed by atoms with E-state index in [0.29, 0.717) is 19.1 Å². The summed E-state index contributed by atoms with van der Waals surface area (Å²) in [6, 6.07) is 8.05. The number of hydrogen-bond acceptors (Lipinski definition) is 5. The topological polar surface area (TPSA) is 62.8 Å². The molecule has 6 nitrogen and oxygen atoms in total. The van der Waals surface area contributed by atoms with Gasteiger partial charge in [-0.15, -0.1) is 0 Å². The number of benzene rings is 1. The molecule has 3 fully saturated rings. The Hall–Kier alpha value is -1.63. The summed E-state index contributed by atoms with van der Waals surface area (Å²) in [5.41, 5.74) is 0.845. The van der Waals surface area contributed by atoms with Crippen LogP contribution in [-0.2, 0) is 16.1 Å². The summed E-state index contributed by atoms with van der Waals surface area (Å²) in [4.78, 5) is 15.5. The summed E-state index contributed by atoms with van der Waals surface area (Å²) < 4.78 is 11.4. The van der Waals surface area contributed by atoms with E-state index < -0.39 is 0 Å². The molecular weight excluding hydrogens is 354 g/mol. The lowest BCUT2D eigenvalue weighted by Gasteiger charge is -2.37. The van der Waals surface area contributed by atoms with Crippen molar-refractivity contribution >= 4 is 5.91 Å². The second-order valence-corrected chi connectivity index (χ2v) is 8.32. The van der Waals surface area contributed by atoms with Gasteiger partial charge >= 0.3 is 0 Å². The van der Waals surface area contributed by atoms with Crippen molar-refractivity contribution in [1.82, 2.24) is 15.5 Å². The van der Waals surface area contributed by atoms with E-state index in [2.05, 4.69) is 15.5 Å². The minimum Gasteiger partial charge on any atom is -0.492 e. The summed E-state index contributed by atoms with van der Waals surface area (Å²) in [7, 11) is 0. The summed E-state index contributed by atoms with van der Waals surface area (Å²) in [5, 5.41) is 6.68. The lowest BCUT2D eigenvalue weighted by Crippen LogP contribution is -2.47. The summed E-state index contributed by atoms with van der Waals surface area (Å²) in [6.07, 6.45) is 4.59. The number of nitrogens with one attached hydrogen (secondary N) is 2. The Morgan fingerprint density at radius 3 is 3.04 bits per heavy atom. The normalized spacial score (nSPS) is 27.9. The van der Waals surface area contributed by atoms with Gasteiger partial charge in [0.25, 0.3) is 0 Å². The van der Waals surface area contributed by atoms with Crippen LogP contribution in [0.5, 0.6) is 5.75 Å². The van der Waals surface area contributed by atoms with Crippen LogP contribution in [0, 0.1) is 11.3 Å². The molecule has 0 aromatic heterocycles.